The van der Waals surface area contributed by atoms with E-state index in [-0.39, 0.29) is 5.16 Å². The van der Waals surface area contributed by atoms with Crippen LogP contribution in [0.5, 0.6) is 0 Å². The van der Waals surface area contributed by atoms with E-state index in [1.54, 1.807) is 12.3 Å². The molecular formula is C12H13N5OS. The quantitative estimate of drug-likeness (QED) is 0.670. The number of nitriles is 1. The molecular weight excluding hydrogens is 262 g/mol. The summed E-state index contributed by atoms with van der Waals surface area (Å²) in [5.74, 6) is 0.532. The Morgan fingerprint density at radius 1 is 1.47 bits per heavy atom. The second-order valence-electron chi connectivity index (χ2n) is 3.94. The number of pyridine rings is 1. The Kier molecular flexibility index (Phi) is 4.14. The molecule has 2 aromatic rings. The van der Waals surface area contributed by atoms with Crippen molar-refractivity contribution in [2.24, 2.45) is 0 Å². The van der Waals surface area contributed by atoms with Crippen molar-refractivity contribution >= 4 is 27.9 Å². The van der Waals surface area contributed by atoms with Crippen LogP contribution in [0.3, 0.4) is 0 Å². The van der Waals surface area contributed by atoms with Crippen LogP contribution in [0.2, 0.25) is 0 Å². The van der Waals surface area contributed by atoms with Crippen LogP contribution >= 0.6 is 0 Å². The van der Waals surface area contributed by atoms with Gasteiger partial charge in [-0.05, 0) is 12.5 Å². The fourth-order valence-corrected chi connectivity index (χ4v) is 2.01. The highest BCUT2D eigenvalue weighted by Gasteiger charge is 2.13. The molecule has 0 radical (unpaired) electrons. The largest absolute Gasteiger partial charge is 0.609 e. The third-order valence-electron chi connectivity index (χ3n) is 2.46. The molecule has 2 aromatic heterocycles. The molecule has 1 atom stereocenters. The maximum atomic E-state index is 11.4. The molecule has 0 saturated carbocycles. The smallest absolute Gasteiger partial charge is 0.343 e. The van der Waals surface area contributed by atoms with Crippen molar-refractivity contribution in [3.05, 3.63) is 18.0 Å². The molecule has 7 heteroatoms. The third kappa shape index (κ3) is 2.92. The van der Waals surface area contributed by atoms with E-state index in [0.29, 0.717) is 22.4 Å². The molecule has 0 saturated heterocycles. The molecule has 0 aliphatic rings. The molecule has 19 heavy (non-hydrogen) atoms. The second kappa shape index (κ2) is 5.82. The Balaban J connectivity index is 2.59. The summed E-state index contributed by atoms with van der Waals surface area (Å²) in [7, 11) is 0. The summed E-state index contributed by atoms with van der Waals surface area (Å²) in [6.07, 6.45) is 4.02. The summed E-state index contributed by atoms with van der Waals surface area (Å²) in [5.41, 5.74) is 0.896. The van der Waals surface area contributed by atoms with E-state index >= 15 is 0 Å². The van der Waals surface area contributed by atoms with Crippen LogP contribution < -0.4 is 5.32 Å². The number of hydrogen-bond acceptors (Lipinski definition) is 6. The van der Waals surface area contributed by atoms with Crippen LogP contribution in [0.15, 0.2) is 17.4 Å². The highest BCUT2D eigenvalue weighted by atomic mass is 32.2. The van der Waals surface area contributed by atoms with E-state index in [1.807, 2.05) is 13.0 Å². The average Bonchev–Trinajstić information content (AvgIpc) is 2.43. The van der Waals surface area contributed by atoms with Gasteiger partial charge in [-0.25, -0.2) is 4.98 Å². The van der Waals surface area contributed by atoms with Gasteiger partial charge in [-0.3, -0.25) is 0 Å². The highest BCUT2D eigenvalue weighted by Crippen LogP contribution is 2.21. The first kappa shape index (κ1) is 13.5. The van der Waals surface area contributed by atoms with Gasteiger partial charge in [-0.15, -0.1) is 0 Å². The predicted octanol–water partition coefficient (Wildman–Crippen LogP) is 1.46. The summed E-state index contributed by atoms with van der Waals surface area (Å²) >= 11 is -1.25. The minimum absolute atomic E-state index is 0.263. The summed E-state index contributed by atoms with van der Waals surface area (Å²) in [5, 5.41) is 13.1. The van der Waals surface area contributed by atoms with E-state index in [1.165, 1.54) is 6.26 Å². The lowest BCUT2D eigenvalue weighted by molar-refractivity contribution is 0.593. The normalized spacial score (nSPS) is 12.1. The Morgan fingerprint density at radius 3 is 2.89 bits per heavy atom. The number of nitrogens with one attached hydrogen (secondary N) is 1. The monoisotopic (exact) mass is 275 g/mol. The number of aromatic nitrogens is 3. The van der Waals surface area contributed by atoms with Crippen molar-refractivity contribution < 1.29 is 4.55 Å². The number of rotatable bonds is 4. The molecule has 0 aliphatic carbocycles. The van der Waals surface area contributed by atoms with Crippen LogP contribution in [0.1, 0.15) is 19.0 Å². The van der Waals surface area contributed by atoms with Crippen molar-refractivity contribution in [3.8, 4) is 6.07 Å². The van der Waals surface area contributed by atoms with Crippen molar-refractivity contribution in [2.45, 2.75) is 18.5 Å². The molecule has 0 aromatic carbocycles. The van der Waals surface area contributed by atoms with Crippen molar-refractivity contribution in [1.29, 1.82) is 5.26 Å². The van der Waals surface area contributed by atoms with Gasteiger partial charge < -0.3 is 9.87 Å². The molecule has 1 unspecified atom stereocenters. The molecule has 2 rings (SSSR count). The first-order chi connectivity index (χ1) is 9.15. The number of hydrogen-bond donors (Lipinski definition) is 1. The molecule has 98 valence electrons. The van der Waals surface area contributed by atoms with Gasteiger partial charge in [-0.2, -0.15) is 15.2 Å². The lowest BCUT2D eigenvalue weighted by Gasteiger charge is -2.08. The van der Waals surface area contributed by atoms with Crippen LogP contribution in [-0.4, -0.2) is 32.3 Å². The Labute approximate surface area is 114 Å². The summed E-state index contributed by atoms with van der Waals surface area (Å²) in [6, 6.07) is 3.63. The lowest BCUT2D eigenvalue weighted by atomic mass is 10.2. The van der Waals surface area contributed by atoms with Crippen molar-refractivity contribution in [1.82, 2.24) is 15.0 Å². The Morgan fingerprint density at radius 2 is 2.26 bits per heavy atom. The SMILES string of the molecule is CCCNc1nc(C#N)cc2cnc([S+](C)[O-])nc12. The summed E-state index contributed by atoms with van der Waals surface area (Å²) in [6.45, 7) is 2.76. The van der Waals surface area contributed by atoms with Crippen LogP contribution in [0.4, 0.5) is 5.82 Å². The first-order valence-corrected chi connectivity index (χ1v) is 7.36. The zero-order valence-electron chi connectivity index (χ0n) is 10.7. The van der Waals surface area contributed by atoms with E-state index < -0.39 is 11.2 Å². The van der Waals surface area contributed by atoms with E-state index in [4.69, 9.17) is 5.26 Å². The van der Waals surface area contributed by atoms with Crippen LogP contribution in [0.25, 0.3) is 10.9 Å². The summed E-state index contributed by atoms with van der Waals surface area (Å²) < 4.78 is 11.4. The maximum Gasteiger partial charge on any atom is 0.343 e. The Bertz CT molecular complexity index is 638. The number of nitrogens with zero attached hydrogens (tertiary/aromatic N) is 4. The van der Waals surface area contributed by atoms with Gasteiger partial charge in [0.1, 0.15) is 23.5 Å². The van der Waals surface area contributed by atoms with Crippen molar-refractivity contribution in [3.63, 3.8) is 0 Å². The van der Waals surface area contributed by atoms with Crippen LogP contribution in [-0.2, 0) is 11.2 Å². The fourth-order valence-electron chi connectivity index (χ4n) is 1.59. The zero-order valence-corrected chi connectivity index (χ0v) is 11.5. The second-order valence-corrected chi connectivity index (χ2v) is 5.21. The standard InChI is InChI=1S/C12H13N5OS/c1-3-4-14-11-10-8(5-9(6-13)16-11)7-15-12(17-10)19(2)18/h5,7H,3-4H2,1-2H3,(H,14,16). The number of anilines is 1. The van der Waals surface area contributed by atoms with Crippen molar-refractivity contribution in [2.75, 3.05) is 18.1 Å². The fraction of sp³-hybridized carbons (Fsp3) is 0.333. The van der Waals surface area contributed by atoms with Crippen LogP contribution in [0, 0.1) is 11.3 Å². The molecule has 6 nitrogen and oxygen atoms in total. The average molecular weight is 275 g/mol. The van der Waals surface area contributed by atoms with Gasteiger partial charge in [0.05, 0.1) is 0 Å². The predicted molar refractivity (Wildman–Crippen MR) is 73.2 cm³/mol. The minimum atomic E-state index is -1.25. The lowest BCUT2D eigenvalue weighted by Crippen LogP contribution is -2.08. The van der Waals surface area contributed by atoms with Gasteiger partial charge >= 0.3 is 5.16 Å². The third-order valence-corrected chi connectivity index (χ3v) is 3.17. The number of fused-ring (bicyclic) bond motifs is 1. The molecule has 1 N–H and O–H groups in total. The van der Waals surface area contributed by atoms with Gasteiger partial charge in [-0.1, -0.05) is 6.92 Å². The molecule has 0 spiro atoms. The molecule has 0 fully saturated rings. The molecule has 2 heterocycles. The Hall–Kier alpha value is -1.91. The minimum Gasteiger partial charge on any atom is -0.609 e. The van der Waals surface area contributed by atoms with Gasteiger partial charge in [0, 0.05) is 29.3 Å². The van der Waals surface area contributed by atoms with Gasteiger partial charge in [0.2, 0.25) is 0 Å². The van der Waals surface area contributed by atoms with E-state index in [2.05, 4.69) is 20.3 Å². The first-order valence-electron chi connectivity index (χ1n) is 5.81. The molecule has 0 amide bonds. The molecule has 0 bridgehead atoms. The van der Waals surface area contributed by atoms with E-state index in [9.17, 15) is 4.55 Å². The maximum absolute atomic E-state index is 11.4. The van der Waals surface area contributed by atoms with Gasteiger partial charge in [0.15, 0.2) is 5.82 Å². The zero-order chi connectivity index (χ0) is 13.8. The summed E-state index contributed by atoms with van der Waals surface area (Å²) in [4.78, 5) is 12.5. The van der Waals surface area contributed by atoms with Gasteiger partial charge in [0.25, 0.3) is 0 Å². The topological polar surface area (TPSA) is 97.5 Å². The molecule has 0 aliphatic heterocycles. The highest BCUT2D eigenvalue weighted by molar-refractivity contribution is 7.90. The van der Waals surface area contributed by atoms with E-state index in [0.717, 1.165) is 13.0 Å².